The summed E-state index contributed by atoms with van der Waals surface area (Å²) in [5, 5.41) is 22.2. The van der Waals surface area contributed by atoms with Gasteiger partial charge in [0, 0.05) is 61.5 Å². The topological polar surface area (TPSA) is 109 Å². The van der Waals surface area contributed by atoms with E-state index in [9.17, 15) is 19.8 Å². The van der Waals surface area contributed by atoms with E-state index in [1.165, 1.54) is 17.2 Å². The van der Waals surface area contributed by atoms with Crippen molar-refractivity contribution in [2.75, 3.05) is 26.3 Å². The number of phenols is 2. The monoisotopic (exact) mass is 631 g/mol. The SMILES string of the molecule is O=C(CC(c1cccc(OCCc2ccc3c(c2)CCO3)c1)c1c(O)cc(O)c2c(=O)cc(-c3ccccc3)oc12)N1CCCCC1. The maximum atomic E-state index is 13.8. The molecule has 0 saturated carbocycles. The fourth-order valence-corrected chi connectivity index (χ4v) is 6.74. The molecule has 1 saturated heterocycles. The molecule has 0 spiro atoms. The number of likely N-dealkylation sites (tertiary alicyclic amines) is 1. The molecule has 3 heterocycles. The summed E-state index contributed by atoms with van der Waals surface area (Å²) in [5.41, 5.74) is 3.66. The lowest BCUT2D eigenvalue weighted by Gasteiger charge is -2.29. The molecule has 2 aliphatic heterocycles. The molecule has 240 valence electrons. The minimum Gasteiger partial charge on any atom is -0.507 e. The zero-order chi connectivity index (χ0) is 32.3. The Kier molecular flexibility index (Phi) is 8.57. The van der Waals surface area contributed by atoms with Gasteiger partial charge in [0.05, 0.1) is 13.2 Å². The number of carbonyl (C=O) groups is 1. The van der Waals surface area contributed by atoms with Crippen molar-refractivity contribution in [2.45, 2.75) is 44.4 Å². The second-order valence-corrected chi connectivity index (χ2v) is 12.3. The number of piperidine rings is 1. The summed E-state index contributed by atoms with van der Waals surface area (Å²) in [6.07, 6.45) is 4.63. The van der Waals surface area contributed by atoms with Gasteiger partial charge in [0.2, 0.25) is 5.91 Å². The highest BCUT2D eigenvalue weighted by atomic mass is 16.5. The third kappa shape index (κ3) is 6.41. The smallest absolute Gasteiger partial charge is 0.223 e. The number of phenolic OH excluding ortho intramolecular Hbond substituents is 2. The van der Waals surface area contributed by atoms with E-state index in [-0.39, 0.29) is 40.4 Å². The van der Waals surface area contributed by atoms with Crippen molar-refractivity contribution in [3.05, 3.63) is 117 Å². The largest absolute Gasteiger partial charge is 0.507 e. The molecule has 8 nitrogen and oxygen atoms in total. The predicted octanol–water partition coefficient (Wildman–Crippen LogP) is 6.96. The minimum absolute atomic E-state index is 0.0351. The van der Waals surface area contributed by atoms with Gasteiger partial charge in [-0.15, -0.1) is 0 Å². The fourth-order valence-electron chi connectivity index (χ4n) is 6.74. The summed E-state index contributed by atoms with van der Waals surface area (Å²) in [5.74, 6) is 0.481. The molecule has 47 heavy (non-hydrogen) atoms. The molecule has 8 heteroatoms. The Bertz CT molecular complexity index is 1980. The minimum atomic E-state index is -0.693. The average molecular weight is 632 g/mol. The quantitative estimate of drug-likeness (QED) is 0.181. The van der Waals surface area contributed by atoms with Gasteiger partial charge in [0.15, 0.2) is 5.43 Å². The van der Waals surface area contributed by atoms with Crippen LogP contribution in [0.15, 0.2) is 94.1 Å². The molecule has 0 radical (unpaired) electrons. The van der Waals surface area contributed by atoms with Crippen LogP contribution in [0.1, 0.15) is 53.9 Å². The fraction of sp³-hybridized carbons (Fsp3) is 0.282. The zero-order valence-electron chi connectivity index (χ0n) is 26.1. The second-order valence-electron chi connectivity index (χ2n) is 12.3. The van der Waals surface area contributed by atoms with E-state index in [2.05, 4.69) is 12.1 Å². The van der Waals surface area contributed by atoms with Crippen LogP contribution in [0.5, 0.6) is 23.0 Å². The zero-order valence-corrected chi connectivity index (χ0v) is 26.1. The van der Waals surface area contributed by atoms with Gasteiger partial charge in [-0.05, 0) is 54.2 Å². The van der Waals surface area contributed by atoms with E-state index in [4.69, 9.17) is 13.9 Å². The summed E-state index contributed by atoms with van der Waals surface area (Å²) in [7, 11) is 0. The molecule has 2 aliphatic rings. The van der Waals surface area contributed by atoms with Crippen molar-refractivity contribution < 1.29 is 28.9 Å². The van der Waals surface area contributed by atoms with Crippen molar-refractivity contribution >= 4 is 16.9 Å². The molecular weight excluding hydrogens is 594 g/mol. The number of carbonyl (C=O) groups excluding carboxylic acids is 1. The highest BCUT2D eigenvalue weighted by Gasteiger charge is 2.30. The van der Waals surface area contributed by atoms with E-state index < -0.39 is 11.3 Å². The Labute approximate surface area is 272 Å². The average Bonchev–Trinajstić information content (AvgIpc) is 3.56. The summed E-state index contributed by atoms with van der Waals surface area (Å²) in [6, 6.07) is 25.4. The van der Waals surface area contributed by atoms with Gasteiger partial charge in [-0.2, -0.15) is 0 Å². The molecule has 1 atom stereocenters. The van der Waals surface area contributed by atoms with Gasteiger partial charge < -0.3 is 29.0 Å². The van der Waals surface area contributed by atoms with Crippen LogP contribution in [0.3, 0.4) is 0 Å². The van der Waals surface area contributed by atoms with Crippen molar-refractivity contribution in [1.29, 1.82) is 0 Å². The Morgan fingerprint density at radius 2 is 1.72 bits per heavy atom. The standard InChI is InChI=1S/C39H37NO7/c41-31-23-32(42)38-33(43)24-35(26-8-3-1-4-9-26)47-39(38)37(31)30(22-36(44)40-16-5-2-6-17-40)27-10-7-11-29(21-27)45-18-14-25-12-13-34-28(20-25)15-19-46-34/h1,3-4,7-13,20-21,23-24,30,41-42H,2,5-6,14-19,22H2. The van der Waals surface area contributed by atoms with Gasteiger partial charge >= 0.3 is 0 Å². The van der Waals surface area contributed by atoms with Gasteiger partial charge in [0.25, 0.3) is 0 Å². The number of rotatable bonds is 9. The molecule has 1 fully saturated rings. The molecule has 4 aromatic carbocycles. The van der Waals surface area contributed by atoms with E-state index in [1.54, 1.807) is 0 Å². The Hall–Kier alpha value is -5.24. The van der Waals surface area contributed by atoms with Crippen LogP contribution in [0.25, 0.3) is 22.3 Å². The number of amides is 1. The van der Waals surface area contributed by atoms with E-state index in [0.29, 0.717) is 49.8 Å². The van der Waals surface area contributed by atoms with Gasteiger partial charge in [-0.25, -0.2) is 0 Å². The van der Waals surface area contributed by atoms with Gasteiger partial charge in [-0.1, -0.05) is 54.6 Å². The predicted molar refractivity (Wildman–Crippen MR) is 179 cm³/mol. The first kappa shape index (κ1) is 30.4. The van der Waals surface area contributed by atoms with Crippen LogP contribution in [-0.4, -0.2) is 47.3 Å². The Balaban J connectivity index is 1.26. The number of hydrogen-bond donors (Lipinski definition) is 2. The summed E-state index contributed by atoms with van der Waals surface area (Å²) < 4.78 is 18.2. The Morgan fingerprint density at radius 3 is 2.55 bits per heavy atom. The Morgan fingerprint density at radius 1 is 0.894 bits per heavy atom. The molecule has 7 rings (SSSR count). The lowest BCUT2D eigenvalue weighted by Crippen LogP contribution is -2.36. The summed E-state index contributed by atoms with van der Waals surface area (Å²) >= 11 is 0. The third-order valence-electron chi connectivity index (χ3n) is 9.17. The normalized spacial score (nSPS) is 14.9. The van der Waals surface area contributed by atoms with Crippen molar-refractivity contribution in [1.82, 2.24) is 4.90 Å². The molecule has 1 aromatic heterocycles. The molecule has 1 amide bonds. The maximum Gasteiger partial charge on any atom is 0.223 e. The molecule has 2 N–H and O–H groups in total. The second kappa shape index (κ2) is 13.2. The van der Waals surface area contributed by atoms with E-state index in [1.807, 2.05) is 65.6 Å². The van der Waals surface area contributed by atoms with Gasteiger partial charge in [-0.3, -0.25) is 9.59 Å². The van der Waals surface area contributed by atoms with Gasteiger partial charge in [0.1, 0.15) is 39.7 Å². The number of aromatic hydroxyl groups is 2. The number of nitrogens with zero attached hydrogens (tertiary/aromatic N) is 1. The molecule has 5 aromatic rings. The van der Waals surface area contributed by atoms with E-state index >= 15 is 0 Å². The highest BCUT2D eigenvalue weighted by Crippen LogP contribution is 2.43. The molecule has 1 unspecified atom stereocenters. The number of fused-ring (bicyclic) bond motifs is 2. The van der Waals surface area contributed by atoms with E-state index in [0.717, 1.165) is 43.1 Å². The molecule has 0 aliphatic carbocycles. The number of ether oxygens (including phenoxy) is 2. The first-order valence-electron chi connectivity index (χ1n) is 16.3. The first-order chi connectivity index (χ1) is 22.9. The maximum absolute atomic E-state index is 13.8. The van der Waals surface area contributed by atoms with Crippen LogP contribution in [0, 0.1) is 0 Å². The summed E-state index contributed by atoms with van der Waals surface area (Å²) in [4.78, 5) is 29.1. The van der Waals surface area contributed by atoms with Crippen molar-refractivity contribution in [2.24, 2.45) is 0 Å². The lowest BCUT2D eigenvalue weighted by molar-refractivity contribution is -0.132. The molecular formula is C39H37NO7. The van der Waals surface area contributed by atoms with Crippen LogP contribution < -0.4 is 14.9 Å². The lowest BCUT2D eigenvalue weighted by atomic mass is 9.85. The van der Waals surface area contributed by atoms with Crippen LogP contribution in [0.2, 0.25) is 0 Å². The number of hydrogen-bond acceptors (Lipinski definition) is 7. The van der Waals surface area contributed by atoms with Crippen molar-refractivity contribution in [3.63, 3.8) is 0 Å². The van der Waals surface area contributed by atoms with Crippen LogP contribution in [0.4, 0.5) is 0 Å². The molecule has 0 bridgehead atoms. The number of benzene rings is 4. The highest BCUT2D eigenvalue weighted by molar-refractivity contribution is 5.91. The third-order valence-corrected chi connectivity index (χ3v) is 9.17. The van der Waals surface area contributed by atoms with Crippen molar-refractivity contribution in [3.8, 4) is 34.3 Å². The van der Waals surface area contributed by atoms with Crippen LogP contribution >= 0.6 is 0 Å². The first-order valence-corrected chi connectivity index (χ1v) is 16.3. The summed E-state index contributed by atoms with van der Waals surface area (Å²) in [6.45, 7) is 2.52. The van der Waals surface area contributed by atoms with Crippen LogP contribution in [-0.2, 0) is 17.6 Å².